The Kier molecular flexibility index (Phi) is 5.40. The molecule has 6 heteroatoms. The van der Waals surface area contributed by atoms with E-state index in [0.29, 0.717) is 21.4 Å². The van der Waals surface area contributed by atoms with Crippen molar-refractivity contribution in [2.45, 2.75) is 25.2 Å². The highest BCUT2D eigenvalue weighted by Crippen LogP contribution is 2.35. The van der Waals surface area contributed by atoms with Crippen LogP contribution in [-0.4, -0.2) is 24.7 Å². The third-order valence-corrected chi connectivity index (χ3v) is 6.62. The molecule has 2 aromatic heterocycles. The molecule has 0 aliphatic carbocycles. The van der Waals surface area contributed by atoms with Crippen molar-refractivity contribution in [3.63, 3.8) is 0 Å². The number of hydrogen-bond donors (Lipinski definition) is 0. The van der Waals surface area contributed by atoms with Gasteiger partial charge in [-0.05, 0) is 48.8 Å². The molecule has 0 radical (unpaired) electrons. The fourth-order valence-electron chi connectivity index (χ4n) is 3.20. The monoisotopic (exact) mass is 409 g/mol. The largest absolute Gasteiger partial charge is 0.611 e. The molecular weight excluding hydrogens is 390 g/mol. The van der Waals surface area contributed by atoms with Gasteiger partial charge in [0.1, 0.15) is 5.75 Å². The van der Waals surface area contributed by atoms with Crippen molar-refractivity contribution in [3.05, 3.63) is 71.5 Å². The maximum absolute atomic E-state index is 12.4. The molecule has 28 heavy (non-hydrogen) atoms. The Labute approximate surface area is 172 Å². The van der Waals surface area contributed by atoms with Crippen molar-refractivity contribution in [2.24, 2.45) is 0 Å². The summed E-state index contributed by atoms with van der Waals surface area (Å²) in [5.74, 6) is 1.23. The normalized spacial score (nSPS) is 12.4. The van der Waals surface area contributed by atoms with Crippen LogP contribution in [0.15, 0.2) is 65.8 Å². The Hall–Kier alpha value is -2.34. The lowest BCUT2D eigenvalue weighted by atomic mass is 10.0. The van der Waals surface area contributed by atoms with Crippen LogP contribution in [-0.2, 0) is 11.2 Å². The van der Waals surface area contributed by atoms with E-state index >= 15 is 0 Å². The molecule has 142 valence electrons. The molecule has 1 unspecified atom stereocenters. The van der Waals surface area contributed by atoms with Crippen LogP contribution >= 0.6 is 11.6 Å². The van der Waals surface area contributed by atoms with Gasteiger partial charge in [-0.25, -0.2) is 9.97 Å². The van der Waals surface area contributed by atoms with Gasteiger partial charge in [-0.2, -0.15) is 0 Å². The van der Waals surface area contributed by atoms with E-state index in [1.54, 1.807) is 6.20 Å². The molecule has 0 aliphatic heterocycles. The Balaban J connectivity index is 1.89. The van der Waals surface area contributed by atoms with Crippen molar-refractivity contribution in [1.29, 1.82) is 0 Å². The summed E-state index contributed by atoms with van der Waals surface area (Å²) in [6.07, 6.45) is 4.52. The first-order valence-electron chi connectivity index (χ1n) is 9.17. The molecule has 2 aromatic carbocycles. The molecule has 0 N–H and O–H groups in total. The molecule has 0 fully saturated rings. The fraction of sp³-hybridized carbons (Fsp3) is 0.182. The zero-order chi connectivity index (χ0) is 19.7. The van der Waals surface area contributed by atoms with Crippen LogP contribution in [0, 0.1) is 6.92 Å². The Morgan fingerprint density at radius 2 is 1.86 bits per heavy atom. The predicted molar refractivity (Wildman–Crippen MR) is 115 cm³/mol. The highest BCUT2D eigenvalue weighted by Gasteiger charge is 2.20. The molecular formula is C22H20ClN3OS. The Morgan fingerprint density at radius 3 is 2.57 bits per heavy atom. The van der Waals surface area contributed by atoms with Crippen molar-refractivity contribution >= 4 is 28.6 Å². The maximum Gasteiger partial charge on any atom is 0.234 e. The van der Waals surface area contributed by atoms with Gasteiger partial charge in [-0.3, -0.25) is 4.40 Å². The number of nitrogens with zero attached hydrogens (tertiary/aromatic N) is 3. The second kappa shape index (κ2) is 7.95. The summed E-state index contributed by atoms with van der Waals surface area (Å²) in [6.45, 7) is 4.07. The number of benzene rings is 2. The van der Waals surface area contributed by atoms with Crippen LogP contribution < -0.4 is 0 Å². The molecule has 0 amide bonds. The van der Waals surface area contributed by atoms with Gasteiger partial charge in [-0.15, -0.1) is 0 Å². The fourth-order valence-corrected chi connectivity index (χ4v) is 4.73. The van der Waals surface area contributed by atoms with Crippen molar-refractivity contribution in [2.75, 3.05) is 5.75 Å². The second-order valence-electron chi connectivity index (χ2n) is 6.66. The van der Waals surface area contributed by atoms with Crippen molar-refractivity contribution in [3.8, 4) is 22.5 Å². The summed E-state index contributed by atoms with van der Waals surface area (Å²) in [5.41, 5.74) is 4.89. The first-order chi connectivity index (χ1) is 13.6. The first-order valence-corrected chi connectivity index (χ1v) is 10.9. The zero-order valence-corrected chi connectivity index (χ0v) is 17.3. The topological polar surface area (TPSA) is 53.2 Å². The standard InChI is InChI=1S/C22H20ClN3OS/c1-3-13-28(27)19-10-9-17(14-18(19)23)21-20(16-7-5-15(2)6-8-16)25-22-24-11-4-12-26(21)22/h4-12,14H,3,13H2,1-2H3. The number of imidazole rings is 1. The second-order valence-corrected chi connectivity index (χ2v) is 8.61. The Bertz CT molecular complexity index is 1120. The van der Waals surface area contributed by atoms with E-state index in [0.717, 1.165) is 28.9 Å². The van der Waals surface area contributed by atoms with Gasteiger partial charge >= 0.3 is 0 Å². The van der Waals surface area contributed by atoms with Gasteiger partial charge < -0.3 is 4.55 Å². The van der Waals surface area contributed by atoms with E-state index in [1.807, 2.05) is 41.8 Å². The summed E-state index contributed by atoms with van der Waals surface area (Å²) < 4.78 is 14.4. The van der Waals surface area contributed by atoms with E-state index in [2.05, 4.69) is 36.2 Å². The van der Waals surface area contributed by atoms with Gasteiger partial charge in [0.2, 0.25) is 5.78 Å². The summed E-state index contributed by atoms with van der Waals surface area (Å²) in [4.78, 5) is 9.83. The van der Waals surface area contributed by atoms with Gasteiger partial charge in [0.15, 0.2) is 4.90 Å². The smallest absolute Gasteiger partial charge is 0.234 e. The van der Waals surface area contributed by atoms with Crippen molar-refractivity contribution in [1.82, 2.24) is 14.4 Å². The number of hydrogen-bond acceptors (Lipinski definition) is 3. The van der Waals surface area contributed by atoms with E-state index in [4.69, 9.17) is 16.6 Å². The third-order valence-electron chi connectivity index (χ3n) is 4.57. The number of halogens is 1. The van der Waals surface area contributed by atoms with Crippen LogP contribution in [0.1, 0.15) is 18.9 Å². The average Bonchev–Trinajstić information content (AvgIpc) is 3.08. The van der Waals surface area contributed by atoms with Gasteiger partial charge in [0.05, 0.1) is 16.4 Å². The lowest BCUT2D eigenvalue weighted by Gasteiger charge is -2.12. The highest BCUT2D eigenvalue weighted by atomic mass is 35.5. The number of aryl methyl sites for hydroxylation is 1. The van der Waals surface area contributed by atoms with Crippen LogP contribution in [0.25, 0.3) is 28.3 Å². The Morgan fingerprint density at radius 1 is 1.11 bits per heavy atom. The molecule has 0 aliphatic rings. The lowest BCUT2D eigenvalue weighted by molar-refractivity contribution is 0.594. The first kappa shape index (κ1) is 19.0. The van der Waals surface area contributed by atoms with Gasteiger partial charge in [-0.1, -0.05) is 48.4 Å². The van der Waals surface area contributed by atoms with Crippen LogP contribution in [0.5, 0.6) is 0 Å². The summed E-state index contributed by atoms with van der Waals surface area (Å²) in [7, 11) is 0. The predicted octanol–water partition coefficient (Wildman–Crippen LogP) is 5.54. The average molecular weight is 410 g/mol. The summed E-state index contributed by atoms with van der Waals surface area (Å²) in [5, 5.41) is 0.512. The van der Waals surface area contributed by atoms with Crippen LogP contribution in [0.4, 0.5) is 0 Å². The number of aromatic nitrogens is 3. The van der Waals surface area contributed by atoms with Crippen LogP contribution in [0.3, 0.4) is 0 Å². The lowest BCUT2D eigenvalue weighted by Crippen LogP contribution is -2.06. The molecule has 0 saturated carbocycles. The minimum absolute atomic E-state index is 0.512. The highest BCUT2D eigenvalue weighted by molar-refractivity contribution is 7.91. The summed E-state index contributed by atoms with van der Waals surface area (Å²) in [6, 6.07) is 15.8. The molecule has 0 spiro atoms. The molecule has 4 nitrogen and oxygen atoms in total. The molecule has 4 aromatic rings. The molecule has 2 heterocycles. The zero-order valence-electron chi connectivity index (χ0n) is 15.7. The minimum atomic E-state index is -1.09. The minimum Gasteiger partial charge on any atom is -0.611 e. The van der Waals surface area contributed by atoms with E-state index < -0.39 is 11.2 Å². The summed E-state index contributed by atoms with van der Waals surface area (Å²) >= 11 is 5.42. The molecule has 0 bridgehead atoms. The van der Waals surface area contributed by atoms with Crippen LogP contribution in [0.2, 0.25) is 5.02 Å². The molecule has 4 rings (SSSR count). The van der Waals surface area contributed by atoms with E-state index in [-0.39, 0.29) is 0 Å². The van der Waals surface area contributed by atoms with E-state index in [1.165, 1.54) is 5.56 Å². The third kappa shape index (κ3) is 3.53. The SMILES string of the molecule is CCC[S+]([O-])c1ccc(-c2c(-c3ccc(C)cc3)nc3ncccn23)cc1Cl. The molecule has 1 atom stereocenters. The maximum atomic E-state index is 12.4. The van der Waals surface area contributed by atoms with Crippen molar-refractivity contribution < 1.29 is 4.55 Å². The molecule has 0 saturated heterocycles. The number of rotatable bonds is 5. The quantitative estimate of drug-likeness (QED) is 0.406. The number of fused-ring (bicyclic) bond motifs is 1. The van der Waals surface area contributed by atoms with Gasteiger partial charge in [0.25, 0.3) is 0 Å². The van der Waals surface area contributed by atoms with Gasteiger partial charge in [0, 0.05) is 23.5 Å². The van der Waals surface area contributed by atoms with E-state index in [9.17, 15) is 4.55 Å².